The molecule has 11 heavy (non-hydrogen) atoms. The predicted octanol–water partition coefficient (Wildman–Crippen LogP) is 1.37. The molecule has 0 unspecified atom stereocenters. The molecule has 0 saturated carbocycles. The molecule has 0 spiro atoms. The van der Waals surface area contributed by atoms with E-state index >= 15 is 0 Å². The zero-order valence-electron chi connectivity index (χ0n) is 6.12. The molecule has 1 rings (SSSR count). The van der Waals surface area contributed by atoms with Crippen molar-refractivity contribution in [2.75, 3.05) is 6.54 Å². The van der Waals surface area contributed by atoms with Gasteiger partial charge in [-0.15, -0.1) is 0 Å². The molecule has 0 aliphatic carbocycles. The molecule has 0 heterocycles. The van der Waals surface area contributed by atoms with Crippen molar-refractivity contribution >= 4 is 12.8 Å². The van der Waals surface area contributed by atoms with E-state index in [4.69, 9.17) is 5.11 Å². The van der Waals surface area contributed by atoms with Gasteiger partial charge in [-0.2, -0.15) is 0 Å². The number of rotatable bonds is 3. The Hall–Kier alpha value is -0.670. The van der Waals surface area contributed by atoms with Crippen molar-refractivity contribution in [1.29, 1.82) is 0 Å². The number of aromatic hydroxyl groups is 1. The quantitative estimate of drug-likeness (QED) is 0.597. The summed E-state index contributed by atoms with van der Waals surface area (Å²) in [6.07, 6.45) is 0.934. The second kappa shape index (κ2) is 4.26. The fourth-order valence-corrected chi connectivity index (χ4v) is 0.975. The van der Waals surface area contributed by atoms with Crippen LogP contribution in [0.25, 0.3) is 0 Å². The van der Waals surface area contributed by atoms with Gasteiger partial charge in [-0.25, -0.2) is 0 Å². The van der Waals surface area contributed by atoms with Gasteiger partial charge in [-0.1, -0.05) is 24.9 Å². The lowest BCUT2D eigenvalue weighted by atomic mass is 10.1. The zero-order chi connectivity index (χ0) is 8.10. The summed E-state index contributed by atoms with van der Waals surface area (Å²) in [5, 5.41) is 8.95. The van der Waals surface area contributed by atoms with Crippen LogP contribution in [0, 0.1) is 0 Å². The Morgan fingerprint density at radius 3 is 2.45 bits per heavy atom. The monoisotopic (exact) mass is 169 g/mol. The molecule has 0 amide bonds. The zero-order valence-corrected chi connectivity index (χ0v) is 7.01. The number of thiol groups is 1. The molecule has 0 bridgehead atoms. The van der Waals surface area contributed by atoms with Gasteiger partial charge in [-0.05, 0) is 24.1 Å². The van der Waals surface area contributed by atoms with Gasteiger partial charge in [0.1, 0.15) is 5.75 Å². The number of hydrogen-bond donors (Lipinski definition) is 3. The van der Waals surface area contributed by atoms with Crippen molar-refractivity contribution < 1.29 is 5.11 Å². The lowest BCUT2D eigenvalue weighted by Crippen LogP contribution is -2.03. The Kier molecular flexibility index (Phi) is 3.26. The van der Waals surface area contributed by atoms with E-state index in [1.165, 1.54) is 5.56 Å². The van der Waals surface area contributed by atoms with Gasteiger partial charge in [-0.3, -0.25) is 4.72 Å². The number of nitrogens with one attached hydrogen (secondary N) is 1. The van der Waals surface area contributed by atoms with Gasteiger partial charge in [0.15, 0.2) is 0 Å². The Balaban J connectivity index is 2.52. The van der Waals surface area contributed by atoms with Crippen LogP contribution in [-0.4, -0.2) is 11.7 Å². The largest absolute Gasteiger partial charge is 0.508 e. The molecule has 0 saturated heterocycles. The van der Waals surface area contributed by atoms with Crippen LogP contribution in [0.5, 0.6) is 5.75 Å². The average Bonchev–Trinajstić information content (AvgIpc) is 2.04. The third kappa shape index (κ3) is 2.82. The topological polar surface area (TPSA) is 32.3 Å². The van der Waals surface area contributed by atoms with E-state index in [0.29, 0.717) is 5.75 Å². The van der Waals surface area contributed by atoms with Crippen LogP contribution in [0.3, 0.4) is 0 Å². The highest BCUT2D eigenvalue weighted by atomic mass is 32.1. The first-order valence-electron chi connectivity index (χ1n) is 3.48. The molecule has 0 fully saturated rings. The van der Waals surface area contributed by atoms with Crippen LogP contribution < -0.4 is 4.72 Å². The van der Waals surface area contributed by atoms with Crippen LogP contribution >= 0.6 is 12.8 Å². The molecule has 0 radical (unpaired) electrons. The van der Waals surface area contributed by atoms with Crippen molar-refractivity contribution in [3.63, 3.8) is 0 Å². The average molecular weight is 169 g/mol. The Labute approximate surface area is 71.8 Å². The van der Waals surface area contributed by atoms with Gasteiger partial charge in [0.25, 0.3) is 0 Å². The van der Waals surface area contributed by atoms with Crippen molar-refractivity contribution in [2.45, 2.75) is 6.42 Å². The third-order valence-electron chi connectivity index (χ3n) is 1.46. The van der Waals surface area contributed by atoms with E-state index in [2.05, 4.69) is 17.5 Å². The summed E-state index contributed by atoms with van der Waals surface area (Å²) in [5.74, 6) is 0.313. The van der Waals surface area contributed by atoms with Crippen LogP contribution in [-0.2, 0) is 6.42 Å². The summed E-state index contributed by atoms with van der Waals surface area (Å²) < 4.78 is 2.76. The summed E-state index contributed by atoms with van der Waals surface area (Å²) in [5.41, 5.74) is 1.20. The van der Waals surface area contributed by atoms with Gasteiger partial charge in [0, 0.05) is 6.54 Å². The van der Waals surface area contributed by atoms with E-state index in [0.717, 1.165) is 13.0 Å². The molecule has 0 atom stereocenters. The van der Waals surface area contributed by atoms with Crippen molar-refractivity contribution in [3.8, 4) is 5.75 Å². The van der Waals surface area contributed by atoms with E-state index < -0.39 is 0 Å². The second-order valence-corrected chi connectivity index (χ2v) is 2.64. The van der Waals surface area contributed by atoms with E-state index in [1.807, 2.05) is 12.1 Å². The molecule has 1 aromatic rings. The minimum absolute atomic E-state index is 0.313. The summed E-state index contributed by atoms with van der Waals surface area (Å²) in [6.45, 7) is 0.841. The summed E-state index contributed by atoms with van der Waals surface area (Å²) in [7, 11) is 0. The lowest BCUT2D eigenvalue weighted by Gasteiger charge is -1.99. The molecular formula is C8H11NOS. The standard InChI is InChI=1S/C8H11NOS/c10-8-3-1-7(2-4-8)5-6-9-11/h1-4,9-11H,5-6H2. The molecule has 0 aromatic heterocycles. The highest BCUT2D eigenvalue weighted by Crippen LogP contribution is 2.09. The van der Waals surface area contributed by atoms with E-state index in [9.17, 15) is 0 Å². The first-order chi connectivity index (χ1) is 5.33. The smallest absolute Gasteiger partial charge is 0.115 e. The van der Waals surface area contributed by atoms with Crippen LogP contribution in [0.15, 0.2) is 24.3 Å². The minimum Gasteiger partial charge on any atom is -0.508 e. The Bertz CT molecular complexity index is 210. The molecule has 1 aromatic carbocycles. The minimum atomic E-state index is 0.313. The summed E-state index contributed by atoms with van der Waals surface area (Å²) in [6, 6.07) is 7.18. The van der Waals surface area contributed by atoms with Crippen LogP contribution in [0.2, 0.25) is 0 Å². The van der Waals surface area contributed by atoms with Gasteiger partial charge >= 0.3 is 0 Å². The van der Waals surface area contributed by atoms with Crippen LogP contribution in [0.4, 0.5) is 0 Å². The van der Waals surface area contributed by atoms with Crippen molar-refractivity contribution in [3.05, 3.63) is 29.8 Å². The third-order valence-corrected chi connectivity index (χ3v) is 1.69. The number of phenolic OH excluding ortho intramolecular Hbond substituents is 1. The highest BCUT2D eigenvalue weighted by molar-refractivity contribution is 7.78. The fraction of sp³-hybridized carbons (Fsp3) is 0.250. The number of phenols is 1. The predicted molar refractivity (Wildman–Crippen MR) is 48.8 cm³/mol. The molecule has 60 valence electrons. The molecule has 0 aliphatic heterocycles. The fourth-order valence-electron chi connectivity index (χ4n) is 0.863. The van der Waals surface area contributed by atoms with Gasteiger partial charge in [0.2, 0.25) is 0 Å². The van der Waals surface area contributed by atoms with Crippen molar-refractivity contribution in [1.82, 2.24) is 4.72 Å². The summed E-state index contributed by atoms with van der Waals surface area (Å²) >= 11 is 3.87. The normalized spacial score (nSPS) is 9.91. The highest BCUT2D eigenvalue weighted by Gasteiger charge is 1.91. The maximum absolute atomic E-state index is 8.95. The molecular weight excluding hydrogens is 158 g/mol. The Morgan fingerprint density at radius 1 is 1.27 bits per heavy atom. The van der Waals surface area contributed by atoms with Gasteiger partial charge in [0.05, 0.1) is 0 Å². The number of hydrogen-bond acceptors (Lipinski definition) is 3. The first-order valence-corrected chi connectivity index (χ1v) is 3.92. The van der Waals surface area contributed by atoms with E-state index in [1.54, 1.807) is 12.1 Å². The molecule has 3 heteroatoms. The molecule has 2 N–H and O–H groups in total. The summed E-state index contributed by atoms with van der Waals surface area (Å²) in [4.78, 5) is 0. The van der Waals surface area contributed by atoms with E-state index in [-0.39, 0.29) is 0 Å². The maximum atomic E-state index is 8.95. The van der Waals surface area contributed by atoms with Crippen LogP contribution in [0.1, 0.15) is 5.56 Å². The second-order valence-electron chi connectivity index (χ2n) is 2.32. The Morgan fingerprint density at radius 2 is 1.91 bits per heavy atom. The number of benzene rings is 1. The molecule has 0 aliphatic rings. The maximum Gasteiger partial charge on any atom is 0.115 e. The molecule has 2 nitrogen and oxygen atoms in total. The van der Waals surface area contributed by atoms with Gasteiger partial charge < -0.3 is 5.11 Å². The SMILES string of the molecule is Oc1ccc(CCNS)cc1. The lowest BCUT2D eigenvalue weighted by molar-refractivity contribution is 0.475. The van der Waals surface area contributed by atoms with Crippen molar-refractivity contribution in [2.24, 2.45) is 0 Å². The first kappa shape index (κ1) is 8.43.